The van der Waals surface area contributed by atoms with Crippen LogP contribution in [0.4, 0.5) is 10.1 Å². The summed E-state index contributed by atoms with van der Waals surface area (Å²) in [6, 6.07) is 13.0. The molecule has 1 N–H and O–H groups in total. The molecule has 0 bridgehead atoms. The van der Waals surface area contributed by atoms with Crippen LogP contribution in [0.2, 0.25) is 5.02 Å². The number of carbonyl (C=O) groups is 2. The van der Waals surface area contributed by atoms with Crippen LogP contribution >= 0.6 is 11.6 Å². The number of benzene rings is 2. The van der Waals surface area contributed by atoms with Gasteiger partial charge in [0.05, 0.1) is 6.54 Å². The second-order valence-corrected chi connectivity index (χ2v) is 6.20. The monoisotopic (exact) mass is 361 g/mol. The molecule has 0 aliphatic carbocycles. The lowest BCUT2D eigenvalue weighted by atomic mass is 10.2. The Morgan fingerprint density at radius 2 is 1.80 bits per heavy atom. The van der Waals surface area contributed by atoms with Crippen LogP contribution in [-0.4, -0.2) is 36.5 Å². The molecule has 0 unspecified atom stereocenters. The van der Waals surface area contributed by atoms with Crippen molar-refractivity contribution in [2.75, 3.05) is 24.7 Å². The van der Waals surface area contributed by atoms with Crippen LogP contribution in [0.15, 0.2) is 48.5 Å². The molecule has 1 aliphatic heterocycles. The summed E-state index contributed by atoms with van der Waals surface area (Å²) in [6.07, 6.45) is 0. The van der Waals surface area contributed by atoms with E-state index in [0.717, 1.165) is 5.56 Å². The van der Waals surface area contributed by atoms with Gasteiger partial charge in [-0.05, 0) is 42.0 Å². The van der Waals surface area contributed by atoms with E-state index in [2.05, 4.69) is 5.32 Å². The lowest BCUT2D eigenvalue weighted by Gasteiger charge is -2.18. The molecule has 130 valence electrons. The van der Waals surface area contributed by atoms with Crippen molar-refractivity contribution in [3.05, 3.63) is 64.9 Å². The minimum atomic E-state index is -0.294. The van der Waals surface area contributed by atoms with E-state index in [1.807, 2.05) is 0 Å². The molecule has 0 aromatic heterocycles. The highest BCUT2D eigenvalue weighted by molar-refractivity contribution is 6.30. The number of nitrogens with one attached hydrogen (secondary N) is 1. The van der Waals surface area contributed by atoms with E-state index >= 15 is 0 Å². The Morgan fingerprint density at radius 3 is 2.48 bits per heavy atom. The Labute approximate surface area is 150 Å². The van der Waals surface area contributed by atoms with Crippen LogP contribution in [0.25, 0.3) is 0 Å². The first-order valence-corrected chi connectivity index (χ1v) is 8.19. The summed E-state index contributed by atoms with van der Waals surface area (Å²) in [6.45, 7) is 0.838. The Hall–Kier alpha value is -2.44. The van der Waals surface area contributed by atoms with Gasteiger partial charge < -0.3 is 10.2 Å². The second kappa shape index (κ2) is 7.63. The van der Waals surface area contributed by atoms with Crippen molar-refractivity contribution in [2.24, 2.45) is 0 Å². The molecule has 1 heterocycles. The maximum absolute atomic E-state index is 12.9. The third kappa shape index (κ3) is 4.35. The first kappa shape index (κ1) is 17.4. The standard InChI is InChI=1S/C18H17ClFN3O2/c19-14-3-7-16(8-4-14)23-12-22(11-18(23)25)17(24)10-21-9-13-1-5-15(20)6-2-13/h1-8,21H,9-12H2. The highest BCUT2D eigenvalue weighted by atomic mass is 35.5. The zero-order valence-electron chi connectivity index (χ0n) is 13.4. The van der Waals surface area contributed by atoms with E-state index in [1.165, 1.54) is 17.0 Å². The van der Waals surface area contributed by atoms with E-state index in [4.69, 9.17) is 11.6 Å². The second-order valence-electron chi connectivity index (χ2n) is 5.76. The third-order valence-corrected chi connectivity index (χ3v) is 4.20. The van der Waals surface area contributed by atoms with Gasteiger partial charge in [0.15, 0.2) is 0 Å². The first-order valence-electron chi connectivity index (χ1n) is 7.82. The zero-order valence-corrected chi connectivity index (χ0v) is 14.2. The third-order valence-electron chi connectivity index (χ3n) is 3.95. The maximum Gasteiger partial charge on any atom is 0.248 e. The normalized spacial score (nSPS) is 14.2. The summed E-state index contributed by atoms with van der Waals surface area (Å²) in [4.78, 5) is 27.5. The molecule has 2 amide bonds. The van der Waals surface area contributed by atoms with Crippen molar-refractivity contribution in [1.29, 1.82) is 0 Å². The fourth-order valence-electron chi connectivity index (χ4n) is 2.59. The van der Waals surface area contributed by atoms with Gasteiger partial charge in [-0.2, -0.15) is 0 Å². The number of rotatable bonds is 5. The summed E-state index contributed by atoms with van der Waals surface area (Å²) in [7, 11) is 0. The van der Waals surface area contributed by atoms with E-state index in [9.17, 15) is 14.0 Å². The van der Waals surface area contributed by atoms with Gasteiger partial charge in [-0.15, -0.1) is 0 Å². The van der Waals surface area contributed by atoms with E-state index in [-0.39, 0.29) is 37.4 Å². The summed E-state index contributed by atoms with van der Waals surface area (Å²) >= 11 is 5.85. The molecule has 0 atom stereocenters. The molecule has 5 nitrogen and oxygen atoms in total. The number of halogens is 2. The largest absolute Gasteiger partial charge is 0.314 e. The highest BCUT2D eigenvalue weighted by Crippen LogP contribution is 2.21. The average Bonchev–Trinajstić information content (AvgIpc) is 2.99. The van der Waals surface area contributed by atoms with Crippen molar-refractivity contribution in [3.8, 4) is 0 Å². The lowest BCUT2D eigenvalue weighted by molar-refractivity contribution is -0.130. The topological polar surface area (TPSA) is 52.7 Å². The van der Waals surface area contributed by atoms with E-state index in [1.54, 1.807) is 41.3 Å². The van der Waals surface area contributed by atoms with Crippen LogP contribution in [-0.2, 0) is 16.1 Å². The van der Waals surface area contributed by atoms with Crippen LogP contribution in [0.3, 0.4) is 0 Å². The molecule has 0 saturated carbocycles. The van der Waals surface area contributed by atoms with Crippen LogP contribution in [0.5, 0.6) is 0 Å². The summed E-state index contributed by atoms with van der Waals surface area (Å²) in [5.74, 6) is -0.584. The lowest BCUT2D eigenvalue weighted by Crippen LogP contribution is -2.37. The molecule has 25 heavy (non-hydrogen) atoms. The average molecular weight is 362 g/mol. The molecule has 2 aromatic rings. The van der Waals surface area contributed by atoms with Gasteiger partial charge in [0.2, 0.25) is 11.8 Å². The van der Waals surface area contributed by atoms with Crippen molar-refractivity contribution in [2.45, 2.75) is 6.54 Å². The zero-order chi connectivity index (χ0) is 17.8. The number of hydrogen-bond donors (Lipinski definition) is 1. The molecule has 0 radical (unpaired) electrons. The summed E-state index contributed by atoms with van der Waals surface area (Å²) in [5, 5.41) is 3.60. The Kier molecular flexibility index (Phi) is 5.31. The van der Waals surface area contributed by atoms with Crippen molar-refractivity contribution < 1.29 is 14.0 Å². The van der Waals surface area contributed by atoms with Crippen molar-refractivity contribution in [3.63, 3.8) is 0 Å². The van der Waals surface area contributed by atoms with Gasteiger partial charge in [0, 0.05) is 17.3 Å². The van der Waals surface area contributed by atoms with Gasteiger partial charge in [-0.25, -0.2) is 4.39 Å². The maximum atomic E-state index is 12.9. The molecule has 7 heteroatoms. The predicted octanol–water partition coefficient (Wildman–Crippen LogP) is 2.40. The van der Waals surface area contributed by atoms with E-state index < -0.39 is 0 Å². The van der Waals surface area contributed by atoms with Gasteiger partial charge >= 0.3 is 0 Å². The minimum absolute atomic E-state index is 0.0552. The van der Waals surface area contributed by atoms with Crippen LogP contribution in [0.1, 0.15) is 5.56 Å². The molecular formula is C18H17ClFN3O2. The Morgan fingerprint density at radius 1 is 1.12 bits per heavy atom. The quantitative estimate of drug-likeness (QED) is 0.889. The number of hydrogen-bond acceptors (Lipinski definition) is 3. The summed E-state index contributed by atoms with van der Waals surface area (Å²) < 4.78 is 12.9. The van der Waals surface area contributed by atoms with E-state index in [0.29, 0.717) is 17.3 Å². The molecular weight excluding hydrogens is 345 g/mol. The number of amides is 2. The predicted molar refractivity (Wildman–Crippen MR) is 93.6 cm³/mol. The number of nitrogens with zero attached hydrogens (tertiary/aromatic N) is 2. The molecule has 1 aliphatic rings. The molecule has 2 aromatic carbocycles. The molecule has 1 saturated heterocycles. The Bertz CT molecular complexity index is 765. The Balaban J connectivity index is 1.52. The molecule has 0 spiro atoms. The van der Waals surface area contributed by atoms with Crippen molar-refractivity contribution in [1.82, 2.24) is 10.2 Å². The molecule has 3 rings (SSSR count). The van der Waals surface area contributed by atoms with Crippen LogP contribution < -0.4 is 10.2 Å². The first-order chi connectivity index (χ1) is 12.0. The van der Waals surface area contributed by atoms with Gasteiger partial charge in [-0.1, -0.05) is 23.7 Å². The van der Waals surface area contributed by atoms with Crippen molar-refractivity contribution >= 4 is 29.1 Å². The SMILES string of the molecule is O=C(CNCc1ccc(F)cc1)N1CC(=O)N(c2ccc(Cl)cc2)C1. The smallest absolute Gasteiger partial charge is 0.248 e. The fourth-order valence-corrected chi connectivity index (χ4v) is 2.72. The fraction of sp³-hybridized carbons (Fsp3) is 0.222. The summed E-state index contributed by atoms with van der Waals surface area (Å²) in [5.41, 5.74) is 1.60. The van der Waals surface area contributed by atoms with Crippen LogP contribution in [0, 0.1) is 5.82 Å². The number of anilines is 1. The highest BCUT2D eigenvalue weighted by Gasteiger charge is 2.31. The number of carbonyl (C=O) groups excluding carboxylic acids is 2. The van der Waals surface area contributed by atoms with Gasteiger partial charge in [0.1, 0.15) is 19.0 Å². The van der Waals surface area contributed by atoms with Gasteiger partial charge in [0.25, 0.3) is 0 Å². The minimum Gasteiger partial charge on any atom is -0.314 e. The molecule has 1 fully saturated rings. The van der Waals surface area contributed by atoms with Gasteiger partial charge in [-0.3, -0.25) is 14.5 Å².